The molecule has 2 rings (SSSR count). The number of benzene rings is 1. The van der Waals surface area contributed by atoms with E-state index in [1.807, 2.05) is 38.4 Å². The fourth-order valence-electron chi connectivity index (χ4n) is 1.75. The van der Waals surface area contributed by atoms with Crippen LogP contribution in [0.2, 0.25) is 0 Å². The Bertz CT molecular complexity index is 680. The number of hydrogen-bond donors (Lipinski definition) is 0. The predicted octanol–water partition coefficient (Wildman–Crippen LogP) is 3.49. The van der Waals surface area contributed by atoms with Gasteiger partial charge in [-0.15, -0.1) is 0 Å². The molecule has 21 heavy (non-hydrogen) atoms. The molecule has 0 N–H and O–H groups in total. The maximum Gasteiger partial charge on any atom is 0.183 e. The van der Waals surface area contributed by atoms with Crippen molar-refractivity contribution in [2.45, 2.75) is 6.54 Å². The standard InChI is InChI=1S/C14H14Br2N4O/c1-19(2)9-17-13-12(8-21)20(14(16)18-13)7-10-5-3-4-6-11(10)15/h3-6,8-9H,7H2,1-2H3/b17-9-. The van der Waals surface area contributed by atoms with Crippen molar-refractivity contribution in [2.24, 2.45) is 4.99 Å². The van der Waals surface area contributed by atoms with Crippen LogP contribution < -0.4 is 0 Å². The lowest BCUT2D eigenvalue weighted by Gasteiger charge is -2.08. The molecule has 0 aliphatic carbocycles. The number of nitrogens with zero attached hydrogens (tertiary/aromatic N) is 4. The topological polar surface area (TPSA) is 50.5 Å². The summed E-state index contributed by atoms with van der Waals surface area (Å²) in [6, 6.07) is 7.86. The maximum absolute atomic E-state index is 11.4. The van der Waals surface area contributed by atoms with Crippen molar-refractivity contribution in [3.05, 3.63) is 44.7 Å². The van der Waals surface area contributed by atoms with Crippen LogP contribution in [-0.4, -0.2) is 41.2 Å². The summed E-state index contributed by atoms with van der Waals surface area (Å²) >= 11 is 6.90. The number of aromatic nitrogens is 2. The van der Waals surface area contributed by atoms with Gasteiger partial charge in [-0.05, 0) is 27.6 Å². The van der Waals surface area contributed by atoms with Crippen LogP contribution in [0.3, 0.4) is 0 Å². The SMILES string of the molecule is CN(C)/C=N\c1nc(Br)n(Cc2ccccc2Br)c1C=O. The van der Waals surface area contributed by atoms with Crippen molar-refractivity contribution in [3.63, 3.8) is 0 Å². The summed E-state index contributed by atoms with van der Waals surface area (Å²) in [5.41, 5.74) is 1.50. The summed E-state index contributed by atoms with van der Waals surface area (Å²) in [4.78, 5) is 21.7. The Kier molecular flexibility index (Phi) is 5.30. The Morgan fingerprint density at radius 1 is 1.33 bits per heavy atom. The van der Waals surface area contributed by atoms with Crippen LogP contribution in [-0.2, 0) is 6.54 Å². The number of hydrogen-bond acceptors (Lipinski definition) is 3. The first-order valence-corrected chi connectivity index (χ1v) is 7.76. The molecule has 7 heteroatoms. The average molecular weight is 414 g/mol. The van der Waals surface area contributed by atoms with Gasteiger partial charge in [-0.3, -0.25) is 4.79 Å². The molecule has 0 aliphatic heterocycles. The highest BCUT2D eigenvalue weighted by atomic mass is 79.9. The molecule has 2 aromatic rings. The Morgan fingerprint density at radius 2 is 2.05 bits per heavy atom. The lowest BCUT2D eigenvalue weighted by Crippen LogP contribution is -2.07. The van der Waals surface area contributed by atoms with Gasteiger partial charge in [0.15, 0.2) is 16.8 Å². The number of carbonyl (C=O) groups excluding carboxylic acids is 1. The molecule has 5 nitrogen and oxygen atoms in total. The Hall–Kier alpha value is -1.47. The smallest absolute Gasteiger partial charge is 0.183 e. The number of aldehydes is 1. The summed E-state index contributed by atoms with van der Waals surface area (Å²) in [7, 11) is 3.72. The third kappa shape index (κ3) is 3.79. The minimum Gasteiger partial charge on any atom is -0.369 e. The summed E-state index contributed by atoms with van der Waals surface area (Å²) in [6.45, 7) is 0.528. The highest BCUT2D eigenvalue weighted by Gasteiger charge is 2.15. The third-order valence-corrected chi connectivity index (χ3v) is 4.13. The molecule has 1 heterocycles. The highest BCUT2D eigenvalue weighted by Crippen LogP contribution is 2.25. The normalized spacial score (nSPS) is 11.0. The molecule has 1 aromatic heterocycles. The summed E-state index contributed by atoms with van der Waals surface area (Å²) in [5.74, 6) is 0.401. The predicted molar refractivity (Wildman–Crippen MR) is 90.4 cm³/mol. The van der Waals surface area contributed by atoms with E-state index in [1.165, 1.54) is 0 Å². The number of imidazole rings is 1. The van der Waals surface area contributed by atoms with Crippen LogP contribution in [0.5, 0.6) is 0 Å². The summed E-state index contributed by atoms with van der Waals surface area (Å²) in [5, 5.41) is 0. The molecule has 0 unspecified atom stereocenters. The minimum absolute atomic E-state index is 0.401. The van der Waals surface area contributed by atoms with E-state index in [0.29, 0.717) is 22.8 Å². The maximum atomic E-state index is 11.4. The third-order valence-electron chi connectivity index (χ3n) is 2.75. The molecule has 0 amide bonds. The highest BCUT2D eigenvalue weighted by molar-refractivity contribution is 9.10. The largest absolute Gasteiger partial charge is 0.369 e. The van der Waals surface area contributed by atoms with Crippen LogP contribution >= 0.6 is 31.9 Å². The summed E-state index contributed by atoms with van der Waals surface area (Å²) in [6.07, 6.45) is 2.39. The zero-order valence-corrected chi connectivity index (χ0v) is 14.8. The zero-order valence-electron chi connectivity index (χ0n) is 11.6. The van der Waals surface area contributed by atoms with Crippen molar-refractivity contribution in [1.82, 2.24) is 14.5 Å². The first-order chi connectivity index (χ1) is 10.0. The Morgan fingerprint density at radius 3 is 2.67 bits per heavy atom. The number of halogens is 2. The van der Waals surface area contributed by atoms with E-state index in [2.05, 4.69) is 41.8 Å². The molecule has 110 valence electrons. The molecule has 0 bridgehead atoms. The van der Waals surface area contributed by atoms with Gasteiger partial charge in [0, 0.05) is 18.6 Å². The first kappa shape index (κ1) is 15.9. The van der Waals surface area contributed by atoms with Crippen molar-refractivity contribution in [3.8, 4) is 0 Å². The fraction of sp³-hybridized carbons (Fsp3) is 0.214. The van der Waals surface area contributed by atoms with E-state index in [1.54, 1.807) is 15.8 Å². The molecule has 0 saturated heterocycles. The molecular weight excluding hydrogens is 400 g/mol. The summed E-state index contributed by atoms with van der Waals surface area (Å²) < 4.78 is 3.35. The fourth-order valence-corrected chi connectivity index (χ4v) is 2.65. The van der Waals surface area contributed by atoms with E-state index >= 15 is 0 Å². The monoisotopic (exact) mass is 412 g/mol. The van der Waals surface area contributed by atoms with Crippen LogP contribution in [0.4, 0.5) is 5.82 Å². The minimum atomic E-state index is 0.401. The molecular formula is C14H14Br2N4O. The van der Waals surface area contributed by atoms with E-state index in [0.717, 1.165) is 16.3 Å². The second-order valence-corrected chi connectivity index (χ2v) is 6.16. The lowest BCUT2D eigenvalue weighted by molar-refractivity contribution is 0.111. The lowest BCUT2D eigenvalue weighted by atomic mass is 10.2. The molecule has 1 aromatic carbocycles. The van der Waals surface area contributed by atoms with Gasteiger partial charge in [-0.1, -0.05) is 34.1 Å². The van der Waals surface area contributed by atoms with E-state index in [-0.39, 0.29) is 0 Å². The second kappa shape index (κ2) is 7.00. The van der Waals surface area contributed by atoms with Gasteiger partial charge in [-0.25, -0.2) is 9.98 Å². The number of aliphatic imine (C=N–C) groups is 1. The van der Waals surface area contributed by atoms with Gasteiger partial charge in [-0.2, -0.15) is 0 Å². The van der Waals surface area contributed by atoms with Gasteiger partial charge in [0.05, 0.1) is 12.9 Å². The number of rotatable bonds is 5. The van der Waals surface area contributed by atoms with Crippen molar-refractivity contribution < 1.29 is 4.79 Å². The molecule has 0 spiro atoms. The average Bonchev–Trinajstić information content (AvgIpc) is 2.75. The molecule has 0 aliphatic rings. The van der Waals surface area contributed by atoms with Crippen LogP contribution in [0.25, 0.3) is 0 Å². The van der Waals surface area contributed by atoms with Crippen molar-refractivity contribution >= 4 is 50.3 Å². The number of carbonyl (C=O) groups is 1. The van der Waals surface area contributed by atoms with Gasteiger partial charge in [0.2, 0.25) is 0 Å². The van der Waals surface area contributed by atoms with Crippen molar-refractivity contribution in [2.75, 3.05) is 14.1 Å². The van der Waals surface area contributed by atoms with Crippen LogP contribution in [0.15, 0.2) is 38.5 Å². The van der Waals surface area contributed by atoms with Crippen LogP contribution in [0.1, 0.15) is 16.1 Å². The second-order valence-electron chi connectivity index (χ2n) is 4.59. The van der Waals surface area contributed by atoms with Crippen LogP contribution in [0, 0.1) is 0 Å². The van der Waals surface area contributed by atoms with Gasteiger partial charge < -0.3 is 9.47 Å². The molecule has 0 saturated carbocycles. The molecule has 0 fully saturated rings. The van der Waals surface area contributed by atoms with Gasteiger partial charge in [0.25, 0.3) is 0 Å². The van der Waals surface area contributed by atoms with Gasteiger partial charge >= 0.3 is 0 Å². The van der Waals surface area contributed by atoms with E-state index in [9.17, 15) is 4.79 Å². The van der Waals surface area contributed by atoms with E-state index in [4.69, 9.17) is 0 Å². The van der Waals surface area contributed by atoms with Gasteiger partial charge in [0.1, 0.15) is 5.69 Å². The molecule has 0 atom stereocenters. The van der Waals surface area contributed by atoms with E-state index < -0.39 is 0 Å². The zero-order chi connectivity index (χ0) is 15.4. The van der Waals surface area contributed by atoms with Crippen molar-refractivity contribution in [1.29, 1.82) is 0 Å². The Labute approximate surface area is 140 Å². The molecule has 0 radical (unpaired) electrons. The Balaban J connectivity index is 2.40. The quantitative estimate of drug-likeness (QED) is 0.428. The first-order valence-electron chi connectivity index (χ1n) is 6.18.